The first kappa shape index (κ1) is 85.5. The maximum atomic E-state index is 5.66. The van der Waals surface area contributed by atoms with Crippen molar-refractivity contribution < 1.29 is 0 Å². The molecule has 0 aliphatic heterocycles. The van der Waals surface area contributed by atoms with Gasteiger partial charge in [-0.2, -0.15) is 0 Å². The summed E-state index contributed by atoms with van der Waals surface area (Å²) in [5.41, 5.74) is 27.1. The number of rotatable bonds is 8. The molecule has 0 atom stereocenters. The maximum absolute atomic E-state index is 5.66. The van der Waals surface area contributed by atoms with Crippen molar-refractivity contribution in [2.45, 2.75) is 10.8 Å². The lowest BCUT2D eigenvalue weighted by Gasteiger charge is -2.37. The Hall–Kier alpha value is -19.5. The van der Waals surface area contributed by atoms with Gasteiger partial charge < -0.3 is 0 Å². The molecule has 0 amide bonds. The van der Waals surface area contributed by atoms with Crippen LogP contribution in [-0.2, 0) is 10.8 Å². The maximum Gasteiger partial charge on any atom is 0.0701 e. The Kier molecular flexibility index (Phi) is 27.2. The summed E-state index contributed by atoms with van der Waals surface area (Å²) in [6.07, 6.45) is 45.0. The van der Waals surface area contributed by atoms with Crippen LogP contribution >= 0.6 is 0 Å². The predicted octanol–water partition coefficient (Wildman–Crippen LogP) is 23.2. The average Bonchev–Trinajstić information content (AvgIpc) is 0.735. The van der Waals surface area contributed by atoms with E-state index in [2.05, 4.69) is 336 Å². The highest BCUT2D eigenvalue weighted by Crippen LogP contribution is 2.48. The Morgan fingerprint density at radius 3 is 0.331 bits per heavy atom. The van der Waals surface area contributed by atoms with Gasteiger partial charge in [-0.05, 0) is 311 Å². The summed E-state index contributed by atoms with van der Waals surface area (Å²) >= 11 is 0. The largest absolute Gasteiger partial charge is 0.115 e. The van der Waals surface area contributed by atoms with E-state index >= 15 is 0 Å². The van der Waals surface area contributed by atoms with Gasteiger partial charge in [-0.1, -0.05) is 263 Å². The SMILES string of the molecule is C#Cc1ccc(C#Cc2ccc(C(c3ccc(C#Cc4ccc(C#C)cc4)cc3)(c3ccc(C#Cc4ccc(C#C)cc4)cc3)c3ccc(C#Cc4ccc(C#C)cc4)cc3)cc2)cc1.C#Cc1cccc(C#Cc2ccc(C(c3ccc(C#Cc4cccc(C#C)c4)cc3)(c3ccc(C#Cc4cccc(C#C)c4)cc3)c3ccc(C#Cc4cccc(C#C)c4)cc3)cc2)c1. The van der Waals surface area contributed by atoms with Crippen LogP contribution in [-0.4, -0.2) is 0 Å². The van der Waals surface area contributed by atoms with E-state index < -0.39 is 10.8 Å². The molecule has 16 rings (SSSR count). The molecule has 0 unspecified atom stereocenters. The number of hydrogen-bond acceptors (Lipinski definition) is 0. The highest BCUT2D eigenvalue weighted by Gasteiger charge is 2.40. The van der Waals surface area contributed by atoms with Crippen LogP contribution in [0.1, 0.15) is 178 Å². The summed E-state index contributed by atoms with van der Waals surface area (Å²) in [5, 5.41) is 0. The van der Waals surface area contributed by atoms with Gasteiger partial charge in [-0.25, -0.2) is 0 Å². The molecule has 0 N–H and O–H groups in total. The molecule has 0 heterocycles. The van der Waals surface area contributed by atoms with Gasteiger partial charge in [0, 0.05) is 134 Å². The van der Waals surface area contributed by atoms with E-state index in [0.717, 1.165) is 178 Å². The zero-order valence-electron chi connectivity index (χ0n) is 70.6. The van der Waals surface area contributed by atoms with E-state index in [1.165, 1.54) is 0 Å². The van der Waals surface area contributed by atoms with Crippen LogP contribution in [0, 0.1) is 193 Å². The lowest BCUT2D eigenvalue weighted by molar-refractivity contribution is 0.744. The minimum Gasteiger partial charge on any atom is -0.115 e. The molecular weight excluding hydrogens is 1560 g/mol. The Morgan fingerprint density at radius 2 is 0.208 bits per heavy atom. The molecule has 0 saturated heterocycles. The molecule has 0 spiro atoms. The first-order chi connectivity index (χ1) is 63.9. The van der Waals surface area contributed by atoms with E-state index in [-0.39, 0.29) is 0 Å². The molecule has 0 aromatic heterocycles. The highest BCUT2D eigenvalue weighted by atomic mass is 14.4. The van der Waals surface area contributed by atoms with Crippen LogP contribution in [0.2, 0.25) is 0 Å². The standard InChI is InChI=1S/2C65H36/c1-5-49-9-17-53(18-10-49)25-29-57-33-41-61(42-34-57)65(62-43-35-58(36-44-62)30-26-54-19-11-50(6-2)12-20-54,63-45-37-59(38-46-63)31-27-55-21-13-51(7-3)14-22-55)64-47-39-60(40-48-64)32-28-56-23-15-52(8-4)16-24-56;1-5-49-13-9-17-57(45-49)25-21-53-29-37-61(38-30-53)65(62-39-31-54(32-40-62)22-26-58-18-10-14-50(6-2)46-58,63-41-33-55(34-42-63)23-27-59-19-11-15-51(7-3)47-59)64-43-35-56(36-44-64)24-28-60-20-12-16-52(8-4)48-60/h1-4,9-24,33-48H;1-4,9-20,29-48H. The Morgan fingerprint density at radius 1 is 0.108 bits per heavy atom. The summed E-state index contributed by atoms with van der Waals surface area (Å²) < 4.78 is 0. The molecule has 592 valence electrons. The lowest BCUT2D eigenvalue weighted by Crippen LogP contribution is -2.31. The Labute approximate surface area is 765 Å². The van der Waals surface area contributed by atoms with Crippen LogP contribution in [0.15, 0.2) is 388 Å². The number of terminal acetylenes is 8. The third kappa shape index (κ3) is 21.0. The molecule has 0 radical (unpaired) electrons. The van der Waals surface area contributed by atoms with E-state index in [0.29, 0.717) is 0 Å². The summed E-state index contributed by atoms with van der Waals surface area (Å²) in [6, 6.07) is 129. The number of benzene rings is 16. The molecule has 0 aliphatic rings. The molecule has 0 bridgehead atoms. The average molecular weight is 1630 g/mol. The minimum atomic E-state index is -0.805. The summed E-state index contributed by atoms with van der Waals surface area (Å²) in [6.45, 7) is 0. The minimum absolute atomic E-state index is 0.789. The van der Waals surface area contributed by atoms with Crippen molar-refractivity contribution in [3.8, 4) is 193 Å². The van der Waals surface area contributed by atoms with Gasteiger partial charge in [0.25, 0.3) is 0 Å². The molecule has 16 aromatic carbocycles. The predicted molar refractivity (Wildman–Crippen MR) is 532 cm³/mol. The number of hydrogen-bond donors (Lipinski definition) is 0. The van der Waals surface area contributed by atoms with Crippen LogP contribution in [0.25, 0.3) is 0 Å². The van der Waals surface area contributed by atoms with Gasteiger partial charge >= 0.3 is 0 Å². The fourth-order valence-corrected chi connectivity index (χ4v) is 14.9. The third-order valence-electron chi connectivity index (χ3n) is 21.7. The second-order valence-corrected chi connectivity index (χ2v) is 29.9. The van der Waals surface area contributed by atoms with E-state index in [4.69, 9.17) is 51.4 Å². The van der Waals surface area contributed by atoms with Gasteiger partial charge in [-0.15, -0.1) is 51.4 Å². The summed E-state index contributed by atoms with van der Waals surface area (Å²) in [4.78, 5) is 0. The van der Waals surface area contributed by atoms with Gasteiger partial charge in [0.05, 0.1) is 10.8 Å². The van der Waals surface area contributed by atoms with E-state index in [1.807, 2.05) is 194 Å². The van der Waals surface area contributed by atoms with Crippen molar-refractivity contribution in [3.05, 3.63) is 566 Å². The molecule has 0 fully saturated rings. The van der Waals surface area contributed by atoms with Gasteiger partial charge in [0.2, 0.25) is 0 Å². The van der Waals surface area contributed by atoms with E-state index in [1.54, 1.807) is 0 Å². The molecule has 0 aliphatic carbocycles. The van der Waals surface area contributed by atoms with Crippen molar-refractivity contribution in [3.63, 3.8) is 0 Å². The summed E-state index contributed by atoms with van der Waals surface area (Å²) in [7, 11) is 0. The van der Waals surface area contributed by atoms with Gasteiger partial charge in [0.1, 0.15) is 0 Å². The summed E-state index contributed by atoms with van der Waals surface area (Å²) in [5.74, 6) is 74.5. The smallest absolute Gasteiger partial charge is 0.0701 e. The van der Waals surface area contributed by atoms with Gasteiger partial charge in [-0.3, -0.25) is 0 Å². The zero-order chi connectivity index (χ0) is 89.7. The highest BCUT2D eigenvalue weighted by molar-refractivity contribution is 5.67. The van der Waals surface area contributed by atoms with Crippen molar-refractivity contribution >= 4 is 0 Å². The third-order valence-corrected chi connectivity index (χ3v) is 21.7. The quantitative estimate of drug-likeness (QED) is 0.105. The molecule has 0 nitrogen and oxygen atoms in total. The van der Waals surface area contributed by atoms with E-state index in [9.17, 15) is 0 Å². The normalized spacial score (nSPS) is 9.91. The van der Waals surface area contributed by atoms with Crippen LogP contribution in [0.5, 0.6) is 0 Å². The second-order valence-electron chi connectivity index (χ2n) is 29.9. The fraction of sp³-hybridized carbons (Fsp3) is 0.0154. The van der Waals surface area contributed by atoms with Gasteiger partial charge in [0.15, 0.2) is 0 Å². The Balaban J connectivity index is 0.000000199. The molecule has 0 saturated carbocycles. The van der Waals surface area contributed by atoms with Crippen LogP contribution in [0.3, 0.4) is 0 Å². The molecule has 0 heteroatoms. The topological polar surface area (TPSA) is 0 Å². The van der Waals surface area contributed by atoms with Crippen LogP contribution in [0.4, 0.5) is 0 Å². The fourth-order valence-electron chi connectivity index (χ4n) is 14.9. The Bertz CT molecular complexity index is 6930. The molecule has 130 heavy (non-hydrogen) atoms. The van der Waals surface area contributed by atoms with Crippen molar-refractivity contribution in [2.24, 2.45) is 0 Å². The second kappa shape index (κ2) is 41.4. The molecule has 16 aromatic rings. The lowest BCUT2D eigenvalue weighted by atomic mass is 9.65. The first-order valence-electron chi connectivity index (χ1n) is 41.5. The van der Waals surface area contributed by atoms with Crippen LogP contribution < -0.4 is 0 Å². The zero-order valence-corrected chi connectivity index (χ0v) is 70.6. The van der Waals surface area contributed by atoms with Crippen molar-refractivity contribution in [1.29, 1.82) is 0 Å². The molecular formula is C130H72. The first-order valence-corrected chi connectivity index (χ1v) is 41.5. The monoisotopic (exact) mass is 1630 g/mol. The van der Waals surface area contributed by atoms with Crippen molar-refractivity contribution in [1.82, 2.24) is 0 Å². The van der Waals surface area contributed by atoms with Crippen molar-refractivity contribution in [2.75, 3.05) is 0 Å².